The molecule has 1 amide bonds. The monoisotopic (exact) mass is 269 g/mol. The van der Waals surface area contributed by atoms with E-state index in [0.717, 1.165) is 17.7 Å². The molecule has 4 nitrogen and oxygen atoms in total. The summed E-state index contributed by atoms with van der Waals surface area (Å²) in [5.41, 5.74) is 3.42. The molecule has 0 spiro atoms. The first kappa shape index (κ1) is 12.9. The van der Waals surface area contributed by atoms with E-state index in [4.69, 9.17) is 0 Å². The third kappa shape index (κ3) is 2.22. The maximum absolute atomic E-state index is 12.3. The van der Waals surface area contributed by atoms with Crippen molar-refractivity contribution in [3.05, 3.63) is 47.2 Å². The number of nitrogens with zero attached hydrogens (tertiary/aromatic N) is 1. The highest BCUT2D eigenvalue weighted by molar-refractivity contribution is 5.97. The van der Waals surface area contributed by atoms with Crippen LogP contribution < -0.4 is 5.32 Å². The average molecular weight is 269 g/mol. The molecular formula is C16H19N3O. The third-order valence-corrected chi connectivity index (χ3v) is 3.81. The molecule has 1 aliphatic carbocycles. The van der Waals surface area contributed by atoms with E-state index in [1.54, 1.807) is 0 Å². The Morgan fingerprint density at radius 2 is 2.10 bits per heavy atom. The van der Waals surface area contributed by atoms with Gasteiger partial charge in [0, 0.05) is 17.2 Å². The van der Waals surface area contributed by atoms with E-state index < -0.39 is 0 Å². The molecule has 2 aromatic rings. The number of rotatable bonds is 2. The topological polar surface area (TPSA) is 57.8 Å². The lowest BCUT2D eigenvalue weighted by Gasteiger charge is -2.28. The van der Waals surface area contributed by atoms with E-state index >= 15 is 0 Å². The summed E-state index contributed by atoms with van der Waals surface area (Å²) < 4.78 is 0. The second-order valence-electron chi connectivity index (χ2n) is 6.36. The standard InChI is InChI=1S/C16H19N3O/c1-16(2,3)13-9-14(19-18-13)17-15(20)12-8-10-6-4-5-7-11(10)12/h4-7,9,12H,8H2,1-3H3,(H2,17,18,19,20). The molecule has 3 rings (SSSR count). The predicted octanol–water partition coefficient (Wildman–Crippen LogP) is 2.99. The van der Waals surface area contributed by atoms with Gasteiger partial charge in [-0.3, -0.25) is 9.89 Å². The van der Waals surface area contributed by atoms with Crippen LogP contribution in [-0.2, 0) is 16.6 Å². The lowest BCUT2D eigenvalue weighted by Crippen LogP contribution is -2.30. The summed E-state index contributed by atoms with van der Waals surface area (Å²) in [4.78, 5) is 12.3. The van der Waals surface area contributed by atoms with Crippen LogP contribution in [-0.4, -0.2) is 16.1 Å². The minimum Gasteiger partial charge on any atom is -0.309 e. The van der Waals surface area contributed by atoms with Crippen LogP contribution in [0.4, 0.5) is 5.82 Å². The zero-order valence-corrected chi connectivity index (χ0v) is 12.0. The van der Waals surface area contributed by atoms with Gasteiger partial charge in [0.15, 0.2) is 5.82 Å². The first-order valence-corrected chi connectivity index (χ1v) is 6.90. The molecule has 0 bridgehead atoms. The number of hydrogen-bond acceptors (Lipinski definition) is 2. The van der Waals surface area contributed by atoms with Gasteiger partial charge in [0.2, 0.25) is 5.91 Å². The van der Waals surface area contributed by atoms with Gasteiger partial charge in [-0.2, -0.15) is 5.10 Å². The van der Waals surface area contributed by atoms with E-state index in [-0.39, 0.29) is 17.2 Å². The Hall–Kier alpha value is -2.10. The molecule has 0 aliphatic heterocycles. The Morgan fingerprint density at radius 3 is 2.75 bits per heavy atom. The molecule has 1 aromatic heterocycles. The molecule has 2 N–H and O–H groups in total. The van der Waals surface area contributed by atoms with Crippen LogP contribution in [0.2, 0.25) is 0 Å². The Kier molecular flexibility index (Phi) is 2.89. The molecule has 1 aliphatic rings. The largest absolute Gasteiger partial charge is 0.309 e. The van der Waals surface area contributed by atoms with Gasteiger partial charge in [-0.15, -0.1) is 0 Å². The maximum atomic E-state index is 12.3. The number of amides is 1. The SMILES string of the molecule is CC(C)(C)c1cc(NC(=O)C2Cc3ccccc32)n[nH]1. The first-order valence-electron chi connectivity index (χ1n) is 6.90. The molecule has 1 atom stereocenters. The van der Waals surface area contributed by atoms with Gasteiger partial charge >= 0.3 is 0 Å². The summed E-state index contributed by atoms with van der Waals surface area (Å²) in [6.07, 6.45) is 0.818. The van der Waals surface area contributed by atoms with Crippen LogP contribution in [0.5, 0.6) is 0 Å². The van der Waals surface area contributed by atoms with E-state index in [9.17, 15) is 4.79 Å². The van der Waals surface area contributed by atoms with Crippen LogP contribution in [0.1, 0.15) is 43.5 Å². The summed E-state index contributed by atoms with van der Waals surface area (Å²) in [7, 11) is 0. The second kappa shape index (κ2) is 4.47. The fraction of sp³-hybridized carbons (Fsp3) is 0.375. The van der Waals surface area contributed by atoms with E-state index in [0.29, 0.717) is 5.82 Å². The molecule has 0 saturated carbocycles. The number of nitrogens with one attached hydrogen (secondary N) is 2. The zero-order valence-electron chi connectivity index (χ0n) is 12.0. The summed E-state index contributed by atoms with van der Waals surface area (Å²) in [5, 5.41) is 10.0. The van der Waals surface area contributed by atoms with Crippen molar-refractivity contribution in [3.63, 3.8) is 0 Å². The van der Waals surface area contributed by atoms with Gasteiger partial charge < -0.3 is 5.32 Å². The number of benzene rings is 1. The number of H-pyrrole nitrogens is 1. The highest BCUT2D eigenvalue weighted by Gasteiger charge is 2.32. The fourth-order valence-corrected chi connectivity index (χ4v) is 2.48. The minimum atomic E-state index is -0.0408. The van der Waals surface area contributed by atoms with Crippen molar-refractivity contribution in [2.24, 2.45) is 0 Å². The molecule has 4 heteroatoms. The summed E-state index contributed by atoms with van der Waals surface area (Å²) in [6, 6.07) is 9.99. The Balaban J connectivity index is 1.71. The van der Waals surface area contributed by atoms with Crippen molar-refractivity contribution in [1.82, 2.24) is 10.2 Å². The van der Waals surface area contributed by atoms with Crippen LogP contribution in [0.25, 0.3) is 0 Å². The number of carbonyl (C=O) groups is 1. The van der Waals surface area contributed by atoms with Crippen molar-refractivity contribution in [3.8, 4) is 0 Å². The molecular weight excluding hydrogens is 250 g/mol. The molecule has 1 heterocycles. The highest BCUT2D eigenvalue weighted by atomic mass is 16.2. The number of fused-ring (bicyclic) bond motifs is 1. The molecule has 1 aromatic carbocycles. The normalized spacial score (nSPS) is 17.2. The van der Waals surface area contributed by atoms with E-state index in [1.807, 2.05) is 24.3 Å². The minimum absolute atomic E-state index is 0.000946. The number of aromatic nitrogens is 2. The van der Waals surface area contributed by atoms with Gasteiger partial charge in [-0.1, -0.05) is 45.0 Å². The van der Waals surface area contributed by atoms with Crippen molar-refractivity contribution in [2.45, 2.75) is 38.5 Å². The third-order valence-electron chi connectivity index (χ3n) is 3.81. The highest BCUT2D eigenvalue weighted by Crippen LogP contribution is 2.35. The number of hydrogen-bond donors (Lipinski definition) is 2. The second-order valence-corrected chi connectivity index (χ2v) is 6.36. The van der Waals surface area contributed by atoms with Gasteiger partial charge in [0.25, 0.3) is 0 Å². The fourth-order valence-electron chi connectivity index (χ4n) is 2.48. The van der Waals surface area contributed by atoms with Crippen molar-refractivity contribution in [2.75, 3.05) is 5.32 Å². The lowest BCUT2D eigenvalue weighted by molar-refractivity contribution is -0.118. The van der Waals surface area contributed by atoms with Crippen LogP contribution in [0.3, 0.4) is 0 Å². The summed E-state index contributed by atoms with van der Waals surface area (Å²) in [5.74, 6) is 0.584. The molecule has 0 radical (unpaired) electrons. The van der Waals surface area contributed by atoms with Crippen molar-refractivity contribution in [1.29, 1.82) is 0 Å². The quantitative estimate of drug-likeness (QED) is 0.880. The Bertz CT molecular complexity index is 652. The van der Waals surface area contributed by atoms with Gasteiger partial charge in [0.1, 0.15) is 0 Å². The van der Waals surface area contributed by atoms with Crippen molar-refractivity contribution >= 4 is 11.7 Å². The number of aromatic amines is 1. The summed E-state index contributed by atoms with van der Waals surface area (Å²) >= 11 is 0. The molecule has 104 valence electrons. The Morgan fingerprint density at radius 1 is 1.35 bits per heavy atom. The zero-order chi connectivity index (χ0) is 14.3. The van der Waals surface area contributed by atoms with Gasteiger partial charge in [-0.25, -0.2) is 0 Å². The first-order chi connectivity index (χ1) is 9.45. The average Bonchev–Trinajstić information content (AvgIpc) is 2.79. The molecule has 0 saturated heterocycles. The molecule has 1 unspecified atom stereocenters. The van der Waals surface area contributed by atoms with Crippen LogP contribution in [0.15, 0.2) is 30.3 Å². The van der Waals surface area contributed by atoms with Crippen molar-refractivity contribution < 1.29 is 4.79 Å². The van der Waals surface area contributed by atoms with Gasteiger partial charge in [-0.05, 0) is 17.5 Å². The predicted molar refractivity (Wildman–Crippen MR) is 78.8 cm³/mol. The van der Waals surface area contributed by atoms with Crippen LogP contribution >= 0.6 is 0 Å². The smallest absolute Gasteiger partial charge is 0.233 e. The maximum Gasteiger partial charge on any atom is 0.233 e. The molecule has 0 fully saturated rings. The van der Waals surface area contributed by atoms with Crippen LogP contribution in [0, 0.1) is 0 Å². The van der Waals surface area contributed by atoms with E-state index in [1.165, 1.54) is 5.56 Å². The van der Waals surface area contributed by atoms with E-state index in [2.05, 4.69) is 42.4 Å². The van der Waals surface area contributed by atoms with Gasteiger partial charge in [0.05, 0.1) is 5.92 Å². The number of carbonyl (C=O) groups excluding carboxylic acids is 1. The molecule has 20 heavy (non-hydrogen) atoms. The number of anilines is 1. The summed E-state index contributed by atoms with van der Waals surface area (Å²) in [6.45, 7) is 6.32. The Labute approximate surface area is 118 Å². The lowest BCUT2D eigenvalue weighted by atomic mass is 9.77.